The van der Waals surface area contributed by atoms with Gasteiger partial charge < -0.3 is 24.1 Å². The minimum atomic E-state index is -0.851. The number of nitrogens with zero attached hydrogens (tertiary/aromatic N) is 2. The van der Waals surface area contributed by atoms with Gasteiger partial charge in [0.25, 0.3) is 11.5 Å². The van der Waals surface area contributed by atoms with Crippen LogP contribution in [0, 0.1) is 5.92 Å². The van der Waals surface area contributed by atoms with E-state index in [4.69, 9.17) is 9.47 Å². The summed E-state index contributed by atoms with van der Waals surface area (Å²) in [5.74, 6) is -0.318. The van der Waals surface area contributed by atoms with Crippen LogP contribution in [0.15, 0.2) is 21.9 Å². The van der Waals surface area contributed by atoms with E-state index in [1.165, 1.54) is 32.6 Å². The summed E-state index contributed by atoms with van der Waals surface area (Å²) >= 11 is 1.19. The molecule has 0 bridgehead atoms. The Morgan fingerprint density at radius 1 is 1.21 bits per heavy atom. The zero-order valence-corrected chi connectivity index (χ0v) is 20.7. The van der Waals surface area contributed by atoms with Gasteiger partial charge in [0.05, 0.1) is 18.1 Å². The van der Waals surface area contributed by atoms with Crippen molar-refractivity contribution in [1.82, 2.24) is 19.4 Å². The van der Waals surface area contributed by atoms with Crippen LogP contribution in [0.3, 0.4) is 0 Å². The highest BCUT2D eigenvalue weighted by atomic mass is 32.1. The van der Waals surface area contributed by atoms with E-state index in [2.05, 4.69) is 15.0 Å². The van der Waals surface area contributed by atoms with Crippen LogP contribution in [0.1, 0.15) is 47.0 Å². The Morgan fingerprint density at radius 3 is 2.53 bits per heavy atom. The number of hydrogen-bond acceptors (Lipinski definition) is 8. The number of carbonyl (C=O) groups excluding carboxylic acids is 2. The number of thiophene rings is 1. The van der Waals surface area contributed by atoms with E-state index in [0.29, 0.717) is 16.1 Å². The minimum Gasteiger partial charge on any atom is -0.437 e. The molecule has 0 spiro atoms. The predicted molar refractivity (Wildman–Crippen MR) is 127 cm³/mol. The molecule has 34 heavy (non-hydrogen) atoms. The zero-order chi connectivity index (χ0) is 25.2. The summed E-state index contributed by atoms with van der Waals surface area (Å²) in [7, 11) is 5.74. The number of aromatic amines is 1. The van der Waals surface area contributed by atoms with Gasteiger partial charge in [0.1, 0.15) is 11.6 Å². The van der Waals surface area contributed by atoms with Crippen molar-refractivity contribution in [2.45, 2.75) is 26.2 Å². The number of rotatable bonds is 8. The van der Waals surface area contributed by atoms with Crippen LogP contribution >= 0.6 is 11.3 Å². The fourth-order valence-corrected chi connectivity index (χ4v) is 5.05. The molecule has 0 aliphatic rings. The van der Waals surface area contributed by atoms with Gasteiger partial charge in [0.2, 0.25) is 5.88 Å². The summed E-state index contributed by atoms with van der Waals surface area (Å²) in [5.41, 5.74) is -0.154. The SMILES string of the molecule is COCNC(=O)c1c(C(CC(C)C)c2cc(OC(=O)OC)n(C)c2)sc2[nH]c(=O)n(C)c(=O)c12. The quantitative estimate of drug-likeness (QED) is 0.364. The fourth-order valence-electron chi connectivity index (χ4n) is 3.73. The first-order valence-corrected chi connectivity index (χ1v) is 11.4. The molecular formula is C22H28N4O7S. The maximum atomic E-state index is 13.2. The zero-order valence-electron chi connectivity index (χ0n) is 19.9. The second-order valence-electron chi connectivity index (χ2n) is 8.24. The van der Waals surface area contributed by atoms with E-state index in [0.717, 1.165) is 10.1 Å². The Morgan fingerprint density at radius 2 is 1.91 bits per heavy atom. The van der Waals surface area contributed by atoms with E-state index in [1.807, 2.05) is 13.8 Å². The molecule has 0 radical (unpaired) electrons. The van der Waals surface area contributed by atoms with Crippen molar-refractivity contribution in [3.63, 3.8) is 0 Å². The van der Waals surface area contributed by atoms with Crippen molar-refractivity contribution in [3.05, 3.63) is 49.1 Å². The van der Waals surface area contributed by atoms with E-state index in [1.54, 1.807) is 23.9 Å². The number of hydrogen-bond donors (Lipinski definition) is 2. The number of nitrogens with one attached hydrogen (secondary N) is 2. The third-order valence-electron chi connectivity index (χ3n) is 5.34. The summed E-state index contributed by atoms with van der Waals surface area (Å²) in [6.07, 6.45) is 1.58. The standard InChI is InChI=1S/C22H28N4O7S/c1-11(2)7-13(12-8-14(25(3)9-12)33-22(30)32-6)17-15(18(27)23-10-31-5)16-19(34-17)24-21(29)26(4)20(16)28/h8-9,11,13H,7,10H2,1-6H3,(H,23,27)(H,24,29). The normalized spacial score (nSPS) is 12.2. The lowest BCUT2D eigenvalue weighted by Crippen LogP contribution is -2.34. The molecule has 0 aromatic carbocycles. The summed E-state index contributed by atoms with van der Waals surface area (Å²) in [6, 6.07) is 1.70. The van der Waals surface area contributed by atoms with Crippen LogP contribution in [0.5, 0.6) is 5.88 Å². The van der Waals surface area contributed by atoms with Gasteiger partial charge in [0, 0.05) is 44.3 Å². The number of amides is 1. The van der Waals surface area contributed by atoms with Crippen LogP contribution in [-0.4, -0.2) is 47.1 Å². The summed E-state index contributed by atoms with van der Waals surface area (Å²) in [6.45, 7) is 4.04. The molecule has 3 rings (SSSR count). The molecule has 0 fully saturated rings. The molecule has 3 heterocycles. The molecule has 1 amide bonds. The van der Waals surface area contributed by atoms with Gasteiger partial charge in [-0.05, 0) is 17.9 Å². The van der Waals surface area contributed by atoms with E-state index >= 15 is 0 Å². The number of fused-ring (bicyclic) bond motifs is 1. The largest absolute Gasteiger partial charge is 0.514 e. The molecule has 1 atom stereocenters. The first kappa shape index (κ1) is 25.2. The number of aryl methyl sites for hydroxylation is 1. The first-order valence-electron chi connectivity index (χ1n) is 10.5. The summed E-state index contributed by atoms with van der Waals surface area (Å²) < 4.78 is 17.4. The number of H-pyrrole nitrogens is 1. The number of carbonyl (C=O) groups is 2. The Labute approximate surface area is 199 Å². The maximum absolute atomic E-state index is 13.2. The van der Waals surface area contributed by atoms with E-state index in [-0.39, 0.29) is 35.4 Å². The average Bonchev–Trinajstić information content (AvgIpc) is 3.34. The van der Waals surface area contributed by atoms with Crippen molar-refractivity contribution in [1.29, 1.82) is 0 Å². The molecular weight excluding hydrogens is 464 g/mol. The van der Waals surface area contributed by atoms with E-state index < -0.39 is 23.3 Å². The summed E-state index contributed by atoms with van der Waals surface area (Å²) in [5, 5.41) is 2.80. The molecule has 0 saturated heterocycles. The third kappa shape index (κ3) is 4.92. The molecule has 0 aliphatic heterocycles. The Kier molecular flexibility index (Phi) is 7.62. The summed E-state index contributed by atoms with van der Waals surface area (Å²) in [4.78, 5) is 53.7. The highest BCUT2D eigenvalue weighted by molar-refractivity contribution is 7.19. The smallest absolute Gasteiger partial charge is 0.437 e. The molecule has 1 unspecified atom stereocenters. The molecule has 2 N–H and O–H groups in total. The van der Waals surface area contributed by atoms with Crippen molar-refractivity contribution in [3.8, 4) is 5.88 Å². The van der Waals surface area contributed by atoms with Crippen molar-refractivity contribution in [2.75, 3.05) is 21.0 Å². The van der Waals surface area contributed by atoms with Crippen LogP contribution in [0.2, 0.25) is 0 Å². The van der Waals surface area contributed by atoms with Gasteiger partial charge in [-0.15, -0.1) is 11.3 Å². The number of methoxy groups -OCH3 is 2. The van der Waals surface area contributed by atoms with Crippen molar-refractivity contribution in [2.24, 2.45) is 20.0 Å². The second kappa shape index (κ2) is 10.3. The van der Waals surface area contributed by atoms with Crippen LogP contribution in [0.25, 0.3) is 10.2 Å². The molecule has 12 heteroatoms. The van der Waals surface area contributed by atoms with Gasteiger partial charge in [0.15, 0.2) is 0 Å². The molecule has 184 valence electrons. The Bertz CT molecular complexity index is 1330. The van der Waals surface area contributed by atoms with Crippen LogP contribution in [-0.2, 0) is 23.6 Å². The van der Waals surface area contributed by atoms with Gasteiger partial charge in [-0.3, -0.25) is 19.1 Å². The fraction of sp³-hybridized carbons (Fsp3) is 0.455. The van der Waals surface area contributed by atoms with Crippen molar-refractivity contribution < 1.29 is 23.8 Å². The van der Waals surface area contributed by atoms with Crippen LogP contribution in [0.4, 0.5) is 4.79 Å². The first-order chi connectivity index (χ1) is 16.1. The maximum Gasteiger partial charge on any atom is 0.514 e. The average molecular weight is 493 g/mol. The lowest BCUT2D eigenvalue weighted by atomic mass is 9.88. The van der Waals surface area contributed by atoms with Gasteiger partial charge in [-0.25, -0.2) is 9.59 Å². The molecule has 0 saturated carbocycles. The van der Waals surface area contributed by atoms with Gasteiger partial charge >= 0.3 is 11.8 Å². The van der Waals surface area contributed by atoms with Crippen LogP contribution < -0.4 is 21.3 Å². The number of ether oxygens (including phenoxy) is 3. The molecule has 3 aromatic heterocycles. The highest BCUT2D eigenvalue weighted by Gasteiger charge is 2.30. The third-order valence-corrected chi connectivity index (χ3v) is 6.56. The van der Waals surface area contributed by atoms with Gasteiger partial charge in [-0.1, -0.05) is 13.8 Å². The molecule has 3 aromatic rings. The highest BCUT2D eigenvalue weighted by Crippen LogP contribution is 2.41. The lowest BCUT2D eigenvalue weighted by molar-refractivity contribution is 0.0872. The van der Waals surface area contributed by atoms with Crippen molar-refractivity contribution >= 4 is 33.6 Å². The molecule has 0 aliphatic carbocycles. The molecule has 11 nitrogen and oxygen atoms in total. The Hall–Kier alpha value is -3.38. The van der Waals surface area contributed by atoms with E-state index in [9.17, 15) is 19.2 Å². The Balaban J connectivity index is 2.27. The topological polar surface area (TPSA) is 134 Å². The minimum absolute atomic E-state index is 0.0451. The monoisotopic (exact) mass is 492 g/mol. The van der Waals surface area contributed by atoms with Gasteiger partial charge in [-0.2, -0.15) is 0 Å². The predicted octanol–water partition coefficient (Wildman–Crippen LogP) is 2.28. The number of aromatic nitrogens is 3. The lowest BCUT2D eigenvalue weighted by Gasteiger charge is -2.18. The second-order valence-corrected chi connectivity index (χ2v) is 9.29.